The Bertz CT molecular complexity index is 457. The van der Waals surface area contributed by atoms with E-state index in [-0.39, 0.29) is 0 Å². The Kier molecular flexibility index (Phi) is 3.28. The average Bonchev–Trinajstić information content (AvgIpc) is 3.13. The van der Waals surface area contributed by atoms with Gasteiger partial charge in [0.1, 0.15) is 11.6 Å². The zero-order valence-corrected chi connectivity index (χ0v) is 10.7. The number of aryl methyl sites for hydroxylation is 1. The largest absolute Gasteiger partial charge is 0.354 e. The van der Waals surface area contributed by atoms with E-state index < -0.39 is 0 Å². The Labute approximate surface area is 102 Å². The van der Waals surface area contributed by atoms with Gasteiger partial charge in [0.2, 0.25) is 0 Å². The second-order valence-electron chi connectivity index (χ2n) is 4.70. The lowest BCUT2D eigenvalue weighted by molar-refractivity contribution is 0.720. The predicted molar refractivity (Wildman–Crippen MR) is 66.8 cm³/mol. The maximum absolute atomic E-state index is 9.27. The maximum atomic E-state index is 9.27. The molecule has 1 aromatic rings. The summed E-state index contributed by atoms with van der Waals surface area (Å²) in [6.45, 7) is 7.81. The van der Waals surface area contributed by atoms with Gasteiger partial charge in [0, 0.05) is 13.1 Å². The summed E-state index contributed by atoms with van der Waals surface area (Å²) in [4.78, 5) is 2.18. The summed E-state index contributed by atoms with van der Waals surface area (Å²) in [5.41, 5.74) is 2.47. The smallest absolute Gasteiger partial charge is 0.169 e. The van der Waals surface area contributed by atoms with Gasteiger partial charge in [0.15, 0.2) is 5.82 Å². The standard InChI is InChI=1S/C13H18N4/c1-4-17(8-11-5-6-11)13-12(7-14)9(2)10(3)15-16-13/h11H,4-6,8H2,1-3H3. The summed E-state index contributed by atoms with van der Waals surface area (Å²) in [6.07, 6.45) is 2.60. The zero-order valence-electron chi connectivity index (χ0n) is 10.7. The first-order valence-electron chi connectivity index (χ1n) is 6.16. The van der Waals surface area contributed by atoms with E-state index in [2.05, 4.69) is 28.1 Å². The van der Waals surface area contributed by atoms with Gasteiger partial charge < -0.3 is 4.90 Å². The predicted octanol–water partition coefficient (Wildman–Crippen LogP) is 2.20. The summed E-state index contributed by atoms with van der Waals surface area (Å²) >= 11 is 0. The molecule has 0 amide bonds. The lowest BCUT2D eigenvalue weighted by Gasteiger charge is -2.23. The molecule has 0 bridgehead atoms. The van der Waals surface area contributed by atoms with E-state index in [1.807, 2.05) is 13.8 Å². The van der Waals surface area contributed by atoms with Gasteiger partial charge in [-0.05, 0) is 45.1 Å². The van der Waals surface area contributed by atoms with Crippen LogP contribution in [0, 0.1) is 31.1 Å². The number of hydrogen-bond donors (Lipinski definition) is 0. The quantitative estimate of drug-likeness (QED) is 0.795. The van der Waals surface area contributed by atoms with Gasteiger partial charge in [-0.2, -0.15) is 10.4 Å². The van der Waals surface area contributed by atoms with Crippen LogP contribution in [0.2, 0.25) is 0 Å². The van der Waals surface area contributed by atoms with E-state index in [0.717, 1.165) is 36.1 Å². The van der Waals surface area contributed by atoms with Crippen LogP contribution in [0.4, 0.5) is 5.82 Å². The molecular formula is C13H18N4. The molecule has 0 atom stereocenters. The lowest BCUT2D eigenvalue weighted by Crippen LogP contribution is -2.28. The van der Waals surface area contributed by atoms with E-state index in [1.165, 1.54) is 12.8 Å². The Morgan fingerprint density at radius 1 is 1.35 bits per heavy atom. The Morgan fingerprint density at radius 3 is 2.59 bits per heavy atom. The Balaban J connectivity index is 2.35. The van der Waals surface area contributed by atoms with Crippen LogP contribution in [0.3, 0.4) is 0 Å². The number of anilines is 1. The van der Waals surface area contributed by atoms with Crippen molar-refractivity contribution in [3.05, 3.63) is 16.8 Å². The van der Waals surface area contributed by atoms with Crippen LogP contribution in [-0.4, -0.2) is 23.3 Å². The van der Waals surface area contributed by atoms with Crippen molar-refractivity contribution in [2.24, 2.45) is 5.92 Å². The number of nitriles is 1. The SMILES string of the molecule is CCN(CC1CC1)c1nnc(C)c(C)c1C#N. The van der Waals surface area contributed by atoms with Crippen molar-refractivity contribution in [3.8, 4) is 6.07 Å². The molecular weight excluding hydrogens is 212 g/mol. The Morgan fingerprint density at radius 2 is 2.06 bits per heavy atom. The van der Waals surface area contributed by atoms with E-state index in [9.17, 15) is 5.26 Å². The minimum absolute atomic E-state index is 0.681. The molecule has 4 heteroatoms. The third-order valence-corrected chi connectivity index (χ3v) is 3.40. The van der Waals surface area contributed by atoms with Gasteiger partial charge in [-0.25, -0.2) is 0 Å². The van der Waals surface area contributed by atoms with Gasteiger partial charge in [0.05, 0.1) is 5.69 Å². The minimum Gasteiger partial charge on any atom is -0.354 e. The Hall–Kier alpha value is -1.63. The average molecular weight is 230 g/mol. The third kappa shape index (κ3) is 2.38. The molecule has 1 saturated carbocycles. The molecule has 0 aromatic carbocycles. The molecule has 1 aliphatic rings. The van der Waals surface area contributed by atoms with Crippen LogP contribution in [0.1, 0.15) is 36.6 Å². The first-order chi connectivity index (χ1) is 8.17. The highest BCUT2D eigenvalue weighted by Gasteiger charge is 2.26. The fourth-order valence-electron chi connectivity index (χ4n) is 1.93. The first kappa shape index (κ1) is 11.8. The summed E-state index contributed by atoms with van der Waals surface area (Å²) in [5, 5.41) is 17.6. The summed E-state index contributed by atoms with van der Waals surface area (Å²) in [5.74, 6) is 1.54. The van der Waals surface area contributed by atoms with Crippen molar-refractivity contribution in [1.29, 1.82) is 5.26 Å². The highest BCUT2D eigenvalue weighted by atomic mass is 15.3. The van der Waals surface area contributed by atoms with Crippen LogP contribution >= 0.6 is 0 Å². The number of nitrogens with zero attached hydrogens (tertiary/aromatic N) is 4. The van der Waals surface area contributed by atoms with E-state index >= 15 is 0 Å². The molecule has 90 valence electrons. The van der Waals surface area contributed by atoms with E-state index in [1.54, 1.807) is 0 Å². The van der Waals surface area contributed by atoms with Crippen molar-refractivity contribution < 1.29 is 0 Å². The van der Waals surface area contributed by atoms with Crippen molar-refractivity contribution >= 4 is 5.82 Å². The van der Waals surface area contributed by atoms with Gasteiger partial charge >= 0.3 is 0 Å². The first-order valence-corrected chi connectivity index (χ1v) is 6.16. The molecule has 0 saturated heterocycles. The molecule has 2 rings (SSSR count). The molecule has 1 aromatic heterocycles. The molecule has 17 heavy (non-hydrogen) atoms. The fraction of sp³-hybridized carbons (Fsp3) is 0.615. The van der Waals surface area contributed by atoms with Crippen molar-refractivity contribution in [1.82, 2.24) is 10.2 Å². The second-order valence-corrected chi connectivity index (χ2v) is 4.70. The number of aromatic nitrogens is 2. The lowest BCUT2D eigenvalue weighted by atomic mass is 10.1. The third-order valence-electron chi connectivity index (χ3n) is 3.40. The number of hydrogen-bond acceptors (Lipinski definition) is 4. The molecule has 0 N–H and O–H groups in total. The summed E-state index contributed by atoms with van der Waals surface area (Å²) < 4.78 is 0. The fourth-order valence-corrected chi connectivity index (χ4v) is 1.93. The van der Waals surface area contributed by atoms with Crippen LogP contribution in [-0.2, 0) is 0 Å². The van der Waals surface area contributed by atoms with Crippen LogP contribution in [0.5, 0.6) is 0 Å². The highest BCUT2D eigenvalue weighted by molar-refractivity contribution is 5.57. The summed E-state index contributed by atoms with van der Waals surface area (Å²) in [6, 6.07) is 2.27. The van der Waals surface area contributed by atoms with Gasteiger partial charge in [-0.15, -0.1) is 5.10 Å². The zero-order chi connectivity index (χ0) is 12.4. The molecule has 1 aliphatic carbocycles. The normalized spacial score (nSPS) is 14.5. The van der Waals surface area contributed by atoms with Crippen LogP contribution < -0.4 is 4.90 Å². The van der Waals surface area contributed by atoms with E-state index in [4.69, 9.17) is 0 Å². The van der Waals surface area contributed by atoms with Gasteiger partial charge in [0.25, 0.3) is 0 Å². The van der Waals surface area contributed by atoms with Crippen molar-refractivity contribution in [3.63, 3.8) is 0 Å². The van der Waals surface area contributed by atoms with Crippen molar-refractivity contribution in [2.45, 2.75) is 33.6 Å². The van der Waals surface area contributed by atoms with Crippen LogP contribution in [0.25, 0.3) is 0 Å². The molecule has 0 radical (unpaired) electrons. The van der Waals surface area contributed by atoms with Gasteiger partial charge in [-0.3, -0.25) is 0 Å². The topological polar surface area (TPSA) is 52.8 Å². The van der Waals surface area contributed by atoms with Crippen LogP contribution in [0.15, 0.2) is 0 Å². The molecule has 4 nitrogen and oxygen atoms in total. The van der Waals surface area contributed by atoms with Crippen molar-refractivity contribution in [2.75, 3.05) is 18.0 Å². The molecule has 0 spiro atoms. The van der Waals surface area contributed by atoms with E-state index in [0.29, 0.717) is 5.56 Å². The molecule has 1 fully saturated rings. The monoisotopic (exact) mass is 230 g/mol. The molecule has 0 aliphatic heterocycles. The molecule has 1 heterocycles. The summed E-state index contributed by atoms with van der Waals surface area (Å²) in [7, 11) is 0. The molecule has 0 unspecified atom stereocenters. The number of rotatable bonds is 4. The minimum atomic E-state index is 0.681. The highest BCUT2D eigenvalue weighted by Crippen LogP contribution is 2.32. The van der Waals surface area contributed by atoms with Gasteiger partial charge in [-0.1, -0.05) is 0 Å². The second kappa shape index (κ2) is 4.70. The maximum Gasteiger partial charge on any atom is 0.169 e.